The van der Waals surface area contributed by atoms with Crippen molar-refractivity contribution in [1.82, 2.24) is 0 Å². The molecule has 1 atom stereocenters. The molecular weight excluding hydrogens is 232 g/mol. The van der Waals surface area contributed by atoms with Crippen LogP contribution < -0.4 is 10.6 Å². The summed E-state index contributed by atoms with van der Waals surface area (Å²) in [4.78, 5) is 2.28. The standard InChI is InChI=1S/C17H22N2/c1-14-7-6-10-16(11-14)19(2)17(13-18)12-15-8-4-3-5-9-15/h3-11,17H,12-13,18H2,1-2H3. The van der Waals surface area contributed by atoms with Crippen LogP contribution in [0.4, 0.5) is 5.69 Å². The molecular formula is C17H22N2. The van der Waals surface area contributed by atoms with E-state index >= 15 is 0 Å². The van der Waals surface area contributed by atoms with Crippen LogP contribution in [0.1, 0.15) is 11.1 Å². The molecule has 1 unspecified atom stereocenters. The van der Waals surface area contributed by atoms with Crippen molar-refractivity contribution >= 4 is 5.69 Å². The summed E-state index contributed by atoms with van der Waals surface area (Å²) in [7, 11) is 2.12. The maximum absolute atomic E-state index is 5.96. The van der Waals surface area contributed by atoms with Gasteiger partial charge in [0.1, 0.15) is 0 Å². The summed E-state index contributed by atoms with van der Waals surface area (Å²) in [5.41, 5.74) is 9.79. The summed E-state index contributed by atoms with van der Waals surface area (Å²) in [6.45, 7) is 2.77. The van der Waals surface area contributed by atoms with Crippen molar-refractivity contribution in [3.63, 3.8) is 0 Å². The average Bonchev–Trinajstić information content (AvgIpc) is 2.45. The second-order valence-electron chi connectivity index (χ2n) is 5.03. The molecule has 0 saturated carbocycles. The normalized spacial score (nSPS) is 12.2. The third kappa shape index (κ3) is 3.58. The Kier molecular flexibility index (Phi) is 4.58. The Bertz CT molecular complexity index is 508. The van der Waals surface area contributed by atoms with E-state index < -0.39 is 0 Å². The zero-order valence-corrected chi connectivity index (χ0v) is 11.7. The zero-order chi connectivity index (χ0) is 13.7. The van der Waals surface area contributed by atoms with Crippen molar-refractivity contribution in [2.75, 3.05) is 18.5 Å². The number of hydrogen-bond donors (Lipinski definition) is 1. The van der Waals surface area contributed by atoms with Gasteiger partial charge in [-0.1, -0.05) is 42.5 Å². The molecule has 0 saturated heterocycles. The van der Waals surface area contributed by atoms with Crippen molar-refractivity contribution < 1.29 is 0 Å². The summed E-state index contributed by atoms with van der Waals surface area (Å²) in [6.07, 6.45) is 0.974. The van der Waals surface area contributed by atoms with Gasteiger partial charge in [-0.05, 0) is 36.6 Å². The summed E-state index contributed by atoms with van der Waals surface area (Å²) >= 11 is 0. The van der Waals surface area contributed by atoms with E-state index in [9.17, 15) is 0 Å². The van der Waals surface area contributed by atoms with Crippen molar-refractivity contribution in [3.8, 4) is 0 Å². The van der Waals surface area contributed by atoms with E-state index in [1.54, 1.807) is 0 Å². The lowest BCUT2D eigenvalue weighted by Gasteiger charge is -2.29. The molecule has 100 valence electrons. The van der Waals surface area contributed by atoms with Crippen LogP contribution in [0.5, 0.6) is 0 Å². The topological polar surface area (TPSA) is 29.3 Å². The van der Waals surface area contributed by atoms with E-state index in [0.29, 0.717) is 12.6 Å². The largest absolute Gasteiger partial charge is 0.370 e. The third-order valence-electron chi connectivity index (χ3n) is 3.54. The Hall–Kier alpha value is -1.80. The Morgan fingerprint density at radius 1 is 1.05 bits per heavy atom. The SMILES string of the molecule is Cc1cccc(N(C)C(CN)Cc2ccccc2)c1. The Morgan fingerprint density at radius 3 is 2.42 bits per heavy atom. The Balaban J connectivity index is 2.13. The smallest absolute Gasteiger partial charge is 0.0449 e. The Morgan fingerprint density at radius 2 is 1.79 bits per heavy atom. The molecule has 0 heterocycles. The van der Waals surface area contributed by atoms with Crippen LogP contribution >= 0.6 is 0 Å². The lowest BCUT2D eigenvalue weighted by Crippen LogP contribution is -2.39. The molecule has 0 fully saturated rings. The minimum atomic E-state index is 0.323. The van der Waals surface area contributed by atoms with Gasteiger partial charge >= 0.3 is 0 Å². The highest BCUT2D eigenvalue weighted by Crippen LogP contribution is 2.18. The van der Waals surface area contributed by atoms with Gasteiger partial charge < -0.3 is 10.6 Å². The lowest BCUT2D eigenvalue weighted by molar-refractivity contribution is 0.634. The highest BCUT2D eigenvalue weighted by atomic mass is 15.1. The molecule has 0 aromatic heterocycles. The molecule has 0 radical (unpaired) electrons. The fourth-order valence-corrected chi connectivity index (χ4v) is 2.32. The van der Waals surface area contributed by atoms with E-state index in [0.717, 1.165) is 6.42 Å². The van der Waals surface area contributed by atoms with Crippen LogP contribution in [0, 0.1) is 6.92 Å². The number of anilines is 1. The van der Waals surface area contributed by atoms with Crippen molar-refractivity contribution in [1.29, 1.82) is 0 Å². The van der Waals surface area contributed by atoms with Gasteiger partial charge in [-0.15, -0.1) is 0 Å². The summed E-state index contributed by atoms with van der Waals surface area (Å²) in [5, 5.41) is 0. The average molecular weight is 254 g/mol. The van der Waals surface area contributed by atoms with E-state index in [1.165, 1.54) is 16.8 Å². The molecule has 0 aliphatic rings. The van der Waals surface area contributed by atoms with Gasteiger partial charge in [-0.2, -0.15) is 0 Å². The second-order valence-corrected chi connectivity index (χ2v) is 5.03. The molecule has 2 rings (SSSR count). The molecule has 0 bridgehead atoms. The van der Waals surface area contributed by atoms with E-state index in [1.807, 2.05) is 6.07 Å². The predicted molar refractivity (Wildman–Crippen MR) is 82.6 cm³/mol. The van der Waals surface area contributed by atoms with Crippen LogP contribution in [-0.4, -0.2) is 19.6 Å². The molecule has 0 amide bonds. The molecule has 2 aromatic rings. The molecule has 2 heteroatoms. The zero-order valence-electron chi connectivity index (χ0n) is 11.7. The van der Waals surface area contributed by atoms with Crippen molar-refractivity contribution in [2.24, 2.45) is 5.73 Å². The number of benzene rings is 2. The van der Waals surface area contributed by atoms with Crippen LogP contribution in [0.2, 0.25) is 0 Å². The number of likely N-dealkylation sites (N-methyl/N-ethyl adjacent to an activating group) is 1. The first kappa shape index (κ1) is 13.6. The fourth-order valence-electron chi connectivity index (χ4n) is 2.32. The van der Waals surface area contributed by atoms with Crippen LogP contribution in [0.25, 0.3) is 0 Å². The van der Waals surface area contributed by atoms with Crippen LogP contribution in [0.15, 0.2) is 54.6 Å². The van der Waals surface area contributed by atoms with Gasteiger partial charge in [0.05, 0.1) is 0 Å². The van der Waals surface area contributed by atoms with Crippen LogP contribution in [-0.2, 0) is 6.42 Å². The minimum absolute atomic E-state index is 0.323. The number of nitrogens with zero attached hydrogens (tertiary/aromatic N) is 1. The van der Waals surface area contributed by atoms with Gasteiger partial charge in [0.15, 0.2) is 0 Å². The molecule has 0 spiro atoms. The number of rotatable bonds is 5. The third-order valence-corrected chi connectivity index (χ3v) is 3.54. The van der Waals surface area contributed by atoms with Crippen molar-refractivity contribution in [2.45, 2.75) is 19.4 Å². The van der Waals surface area contributed by atoms with E-state index in [2.05, 4.69) is 67.4 Å². The molecule has 2 N–H and O–H groups in total. The fraction of sp³-hybridized carbons (Fsp3) is 0.294. The monoisotopic (exact) mass is 254 g/mol. The van der Waals surface area contributed by atoms with Gasteiger partial charge in [0.2, 0.25) is 0 Å². The number of nitrogens with two attached hydrogens (primary N) is 1. The second kappa shape index (κ2) is 6.39. The van der Waals surface area contributed by atoms with Gasteiger partial charge in [-0.25, -0.2) is 0 Å². The molecule has 19 heavy (non-hydrogen) atoms. The molecule has 0 aliphatic carbocycles. The first-order chi connectivity index (χ1) is 9.20. The van der Waals surface area contributed by atoms with Gasteiger partial charge in [0, 0.05) is 25.3 Å². The maximum Gasteiger partial charge on any atom is 0.0449 e. The minimum Gasteiger partial charge on any atom is -0.370 e. The lowest BCUT2D eigenvalue weighted by atomic mass is 10.0. The van der Waals surface area contributed by atoms with Crippen molar-refractivity contribution in [3.05, 3.63) is 65.7 Å². The first-order valence-corrected chi connectivity index (χ1v) is 6.74. The number of aryl methyl sites for hydroxylation is 1. The van der Waals surface area contributed by atoms with Gasteiger partial charge in [0.25, 0.3) is 0 Å². The highest BCUT2D eigenvalue weighted by Gasteiger charge is 2.14. The van der Waals surface area contributed by atoms with E-state index in [4.69, 9.17) is 5.73 Å². The van der Waals surface area contributed by atoms with E-state index in [-0.39, 0.29) is 0 Å². The quantitative estimate of drug-likeness (QED) is 0.888. The number of hydrogen-bond acceptors (Lipinski definition) is 2. The Labute approximate surface area is 115 Å². The molecule has 2 nitrogen and oxygen atoms in total. The summed E-state index contributed by atoms with van der Waals surface area (Å²) in [6, 6.07) is 19.4. The molecule has 0 aliphatic heterocycles. The van der Waals surface area contributed by atoms with Gasteiger partial charge in [-0.3, -0.25) is 0 Å². The first-order valence-electron chi connectivity index (χ1n) is 6.74. The molecule has 2 aromatic carbocycles. The predicted octanol–water partition coefficient (Wildman–Crippen LogP) is 3.00. The van der Waals surface area contributed by atoms with Crippen LogP contribution in [0.3, 0.4) is 0 Å². The summed E-state index contributed by atoms with van der Waals surface area (Å²) < 4.78 is 0. The highest BCUT2D eigenvalue weighted by molar-refractivity contribution is 5.49. The maximum atomic E-state index is 5.96. The summed E-state index contributed by atoms with van der Waals surface area (Å²) in [5.74, 6) is 0.